The molecule has 1 aliphatic carbocycles. The lowest BCUT2D eigenvalue weighted by molar-refractivity contribution is -0.135. The number of aliphatic hydroxyl groups excluding tert-OH is 2. The Labute approximate surface area is 175 Å². The van der Waals surface area contributed by atoms with Gasteiger partial charge in [0, 0.05) is 22.8 Å². The molecule has 0 saturated heterocycles. The fourth-order valence-electron chi connectivity index (χ4n) is 3.12. The summed E-state index contributed by atoms with van der Waals surface area (Å²) in [5.41, 5.74) is 0.347. The van der Waals surface area contributed by atoms with Gasteiger partial charge in [0.05, 0.1) is 12.2 Å². The molecule has 5 heteroatoms. The predicted octanol–water partition coefficient (Wildman–Crippen LogP) is 5.51. The number of carbonyl (C=O) groups excluding carboxylic acids is 1. The molecule has 0 bridgehead atoms. The number of rotatable bonds is 14. The average molecular weight is 411 g/mol. The van der Waals surface area contributed by atoms with Crippen LogP contribution in [0, 0.1) is 5.92 Å². The van der Waals surface area contributed by atoms with Crippen LogP contribution in [0.25, 0.3) is 0 Å². The first-order valence-corrected chi connectivity index (χ1v) is 11.7. The molecule has 28 heavy (non-hydrogen) atoms. The van der Waals surface area contributed by atoms with E-state index in [0.717, 1.165) is 42.8 Å². The maximum atomic E-state index is 12.0. The third kappa shape index (κ3) is 8.97. The van der Waals surface area contributed by atoms with Gasteiger partial charge in [-0.3, -0.25) is 0 Å². The lowest BCUT2D eigenvalue weighted by Gasteiger charge is -2.15. The van der Waals surface area contributed by atoms with Crippen LogP contribution in [0.5, 0.6) is 0 Å². The van der Waals surface area contributed by atoms with Gasteiger partial charge in [0.15, 0.2) is 0 Å². The summed E-state index contributed by atoms with van der Waals surface area (Å²) in [5, 5.41) is 20.7. The van der Waals surface area contributed by atoms with Gasteiger partial charge in [0.1, 0.15) is 5.76 Å². The molecule has 0 amide bonds. The summed E-state index contributed by atoms with van der Waals surface area (Å²) in [5.74, 6) is 0.802. The van der Waals surface area contributed by atoms with Crippen LogP contribution >= 0.6 is 11.8 Å². The predicted molar refractivity (Wildman–Crippen MR) is 118 cm³/mol. The molecule has 0 aromatic heterocycles. The Hall–Kier alpha value is -1.04. The highest BCUT2D eigenvalue weighted by Crippen LogP contribution is 2.41. The van der Waals surface area contributed by atoms with E-state index in [2.05, 4.69) is 20.4 Å². The molecule has 0 radical (unpaired) electrons. The molecule has 0 aromatic carbocycles. The number of aliphatic hydroxyl groups is 2. The standard InChI is InChI=1S/C23H38O4S/c1-5-7-9-11-15-28-22-19(14-13-18(24)12-10-8-6-2)20(25)16-21(22)27-23(26)17(3)4/h13-14,18-20,24-25H,3,5-12,15-16H2,1-2,4H3/t18-,19-,20+/m0/s1. The molecule has 1 aliphatic rings. The summed E-state index contributed by atoms with van der Waals surface area (Å²) in [6.45, 7) is 9.58. The first kappa shape index (κ1) is 25.0. The topological polar surface area (TPSA) is 66.8 Å². The maximum Gasteiger partial charge on any atom is 0.338 e. The molecule has 0 heterocycles. The zero-order valence-electron chi connectivity index (χ0n) is 17.8. The Morgan fingerprint density at radius 2 is 1.93 bits per heavy atom. The molecule has 0 saturated carbocycles. The molecule has 0 spiro atoms. The van der Waals surface area contributed by atoms with Crippen LogP contribution in [0.1, 0.15) is 78.6 Å². The monoisotopic (exact) mass is 410 g/mol. The lowest BCUT2D eigenvalue weighted by Crippen LogP contribution is -2.14. The number of hydrogen-bond acceptors (Lipinski definition) is 5. The van der Waals surface area contributed by atoms with E-state index < -0.39 is 18.2 Å². The Balaban J connectivity index is 2.82. The summed E-state index contributed by atoms with van der Waals surface area (Å²) in [6, 6.07) is 0. The Morgan fingerprint density at radius 1 is 1.25 bits per heavy atom. The SMILES string of the molecule is C=C(C)C(=O)OC1=C(SCCCCCC)[C@@H](C=C[C@@H](O)CCCCC)[C@H](O)C1. The zero-order valence-corrected chi connectivity index (χ0v) is 18.6. The molecule has 0 fully saturated rings. The summed E-state index contributed by atoms with van der Waals surface area (Å²) in [7, 11) is 0. The van der Waals surface area contributed by atoms with Gasteiger partial charge in [0.25, 0.3) is 0 Å². The summed E-state index contributed by atoms with van der Waals surface area (Å²) in [6.07, 6.45) is 11.5. The van der Waals surface area contributed by atoms with E-state index in [9.17, 15) is 15.0 Å². The maximum absolute atomic E-state index is 12.0. The Morgan fingerprint density at radius 3 is 2.57 bits per heavy atom. The second kappa shape index (κ2) is 14.0. The summed E-state index contributed by atoms with van der Waals surface area (Å²) in [4.78, 5) is 12.9. The van der Waals surface area contributed by atoms with Crippen LogP contribution in [-0.2, 0) is 9.53 Å². The summed E-state index contributed by atoms with van der Waals surface area (Å²) < 4.78 is 5.51. The minimum Gasteiger partial charge on any atom is -0.427 e. The van der Waals surface area contributed by atoms with Crippen LogP contribution in [0.4, 0.5) is 0 Å². The van der Waals surface area contributed by atoms with E-state index in [1.54, 1.807) is 24.8 Å². The van der Waals surface area contributed by atoms with E-state index in [0.29, 0.717) is 17.8 Å². The van der Waals surface area contributed by atoms with Crippen LogP contribution in [0.15, 0.2) is 35.0 Å². The van der Waals surface area contributed by atoms with E-state index in [-0.39, 0.29) is 5.92 Å². The van der Waals surface area contributed by atoms with Crippen molar-refractivity contribution in [3.05, 3.63) is 35.0 Å². The third-order valence-corrected chi connectivity index (χ3v) is 6.15. The third-order valence-electron chi connectivity index (χ3n) is 4.85. The van der Waals surface area contributed by atoms with Gasteiger partial charge in [-0.1, -0.05) is 71.1 Å². The van der Waals surface area contributed by atoms with E-state index >= 15 is 0 Å². The number of ether oxygens (including phenoxy) is 1. The molecule has 0 aliphatic heterocycles. The number of unbranched alkanes of at least 4 members (excludes halogenated alkanes) is 5. The molecule has 0 unspecified atom stereocenters. The average Bonchev–Trinajstić information content (AvgIpc) is 2.94. The quantitative estimate of drug-likeness (QED) is 0.171. The van der Waals surface area contributed by atoms with Gasteiger partial charge < -0.3 is 14.9 Å². The number of esters is 1. The van der Waals surface area contributed by atoms with Crippen molar-refractivity contribution in [2.24, 2.45) is 5.92 Å². The van der Waals surface area contributed by atoms with Gasteiger partial charge in [-0.2, -0.15) is 0 Å². The van der Waals surface area contributed by atoms with Crippen LogP contribution in [0.3, 0.4) is 0 Å². The second-order valence-corrected chi connectivity index (χ2v) is 8.75. The number of thioether (sulfide) groups is 1. The normalized spacial score (nSPS) is 20.8. The van der Waals surface area contributed by atoms with Crippen LogP contribution in [-0.4, -0.2) is 34.1 Å². The van der Waals surface area contributed by atoms with Crippen molar-refractivity contribution in [3.8, 4) is 0 Å². The van der Waals surface area contributed by atoms with Crippen molar-refractivity contribution in [3.63, 3.8) is 0 Å². The van der Waals surface area contributed by atoms with Crippen molar-refractivity contribution < 1.29 is 19.7 Å². The highest BCUT2D eigenvalue weighted by Gasteiger charge is 2.34. The van der Waals surface area contributed by atoms with Crippen LogP contribution < -0.4 is 0 Å². The fourth-order valence-corrected chi connectivity index (χ4v) is 4.40. The fraction of sp³-hybridized carbons (Fsp3) is 0.696. The molecular formula is C23H38O4S. The highest BCUT2D eigenvalue weighted by atomic mass is 32.2. The zero-order chi connectivity index (χ0) is 20.9. The van der Waals surface area contributed by atoms with E-state index in [1.165, 1.54) is 19.3 Å². The largest absolute Gasteiger partial charge is 0.427 e. The van der Waals surface area contributed by atoms with Gasteiger partial charge in [-0.25, -0.2) is 4.79 Å². The molecule has 1 rings (SSSR count). The summed E-state index contributed by atoms with van der Waals surface area (Å²) >= 11 is 1.66. The minimum atomic E-state index is -0.634. The molecule has 2 N–H and O–H groups in total. The van der Waals surface area contributed by atoms with Crippen molar-refractivity contribution in [1.82, 2.24) is 0 Å². The van der Waals surface area contributed by atoms with Crippen molar-refractivity contribution in [1.29, 1.82) is 0 Å². The highest BCUT2D eigenvalue weighted by molar-refractivity contribution is 8.03. The molecular weight excluding hydrogens is 372 g/mol. The first-order chi connectivity index (χ1) is 13.4. The molecule has 0 aromatic rings. The molecule has 160 valence electrons. The van der Waals surface area contributed by atoms with Crippen molar-refractivity contribution >= 4 is 17.7 Å². The van der Waals surface area contributed by atoms with Gasteiger partial charge >= 0.3 is 5.97 Å². The smallest absolute Gasteiger partial charge is 0.338 e. The van der Waals surface area contributed by atoms with Gasteiger partial charge in [0.2, 0.25) is 0 Å². The molecule has 4 nitrogen and oxygen atoms in total. The van der Waals surface area contributed by atoms with Gasteiger partial charge in [-0.15, -0.1) is 11.8 Å². The Kier molecular flexibility index (Phi) is 12.5. The Bertz CT molecular complexity index is 553. The second-order valence-electron chi connectivity index (χ2n) is 7.61. The lowest BCUT2D eigenvalue weighted by atomic mass is 10.0. The minimum absolute atomic E-state index is 0.232. The molecule has 3 atom stereocenters. The first-order valence-electron chi connectivity index (χ1n) is 10.7. The van der Waals surface area contributed by atoms with E-state index in [1.807, 2.05) is 6.08 Å². The number of carbonyl (C=O) groups is 1. The van der Waals surface area contributed by atoms with Crippen molar-refractivity contribution in [2.45, 2.75) is 90.8 Å². The van der Waals surface area contributed by atoms with Gasteiger partial charge in [-0.05, 0) is 25.5 Å². The number of hydrogen-bond donors (Lipinski definition) is 2. The van der Waals surface area contributed by atoms with E-state index in [4.69, 9.17) is 4.74 Å². The van der Waals surface area contributed by atoms with Crippen LogP contribution in [0.2, 0.25) is 0 Å². The van der Waals surface area contributed by atoms with Crippen molar-refractivity contribution in [2.75, 3.05) is 5.75 Å².